The van der Waals surface area contributed by atoms with Crippen LogP contribution in [0.25, 0.3) is 10.8 Å². The van der Waals surface area contributed by atoms with E-state index in [1.54, 1.807) is 5.51 Å². The molecule has 0 aliphatic carbocycles. The van der Waals surface area contributed by atoms with Gasteiger partial charge in [0.2, 0.25) is 11.0 Å². The number of nitrogens with zero attached hydrogens (tertiary/aromatic N) is 3. The molecule has 6 heteroatoms. The number of nitrogens with one attached hydrogen (secondary N) is 1. The van der Waals surface area contributed by atoms with Gasteiger partial charge in [0.25, 0.3) is 0 Å². The number of rotatable bonds is 5. The lowest BCUT2D eigenvalue weighted by Gasteiger charge is -2.21. The Bertz CT molecular complexity index is 975. The predicted molar refractivity (Wildman–Crippen MR) is 99.7 cm³/mol. The zero-order valence-corrected chi connectivity index (χ0v) is 14.2. The van der Waals surface area contributed by atoms with Gasteiger partial charge in [0, 0.05) is 12.4 Å². The van der Waals surface area contributed by atoms with E-state index in [0.717, 1.165) is 10.9 Å². The molecule has 1 atom stereocenters. The Labute approximate surface area is 149 Å². The van der Waals surface area contributed by atoms with E-state index in [1.165, 1.54) is 16.7 Å². The van der Waals surface area contributed by atoms with E-state index in [4.69, 9.17) is 0 Å². The minimum atomic E-state index is -0.0889. The van der Waals surface area contributed by atoms with Crippen LogP contribution in [-0.4, -0.2) is 20.7 Å². The normalized spacial score (nSPS) is 12.2. The molecular formula is C19H16N4OS. The summed E-state index contributed by atoms with van der Waals surface area (Å²) in [7, 11) is 0. The lowest BCUT2D eigenvalue weighted by atomic mass is 9.96. The van der Waals surface area contributed by atoms with Crippen LogP contribution in [0.4, 0.5) is 5.13 Å². The summed E-state index contributed by atoms with van der Waals surface area (Å²) in [5, 5.41) is 13.3. The molecule has 1 N–H and O–H groups in total. The van der Waals surface area contributed by atoms with Gasteiger partial charge in [0.15, 0.2) is 0 Å². The monoisotopic (exact) mass is 348 g/mol. The first-order valence-corrected chi connectivity index (χ1v) is 8.85. The van der Waals surface area contributed by atoms with Crippen LogP contribution in [0.3, 0.4) is 0 Å². The topological polar surface area (TPSA) is 59.8 Å². The molecule has 124 valence electrons. The quantitative estimate of drug-likeness (QED) is 0.590. The van der Waals surface area contributed by atoms with Crippen LogP contribution in [0.2, 0.25) is 0 Å². The van der Waals surface area contributed by atoms with Crippen molar-refractivity contribution in [1.82, 2.24) is 14.8 Å². The average Bonchev–Trinajstić information content (AvgIpc) is 3.33. The largest absolute Gasteiger partial charge is 0.346 e. The van der Waals surface area contributed by atoms with Crippen LogP contribution >= 0.6 is 11.3 Å². The van der Waals surface area contributed by atoms with E-state index in [-0.39, 0.29) is 11.9 Å². The van der Waals surface area contributed by atoms with Gasteiger partial charge in [0.1, 0.15) is 5.51 Å². The molecule has 25 heavy (non-hydrogen) atoms. The van der Waals surface area contributed by atoms with Crippen LogP contribution in [0.1, 0.15) is 18.0 Å². The van der Waals surface area contributed by atoms with Gasteiger partial charge in [-0.25, -0.2) is 0 Å². The molecule has 2 aromatic heterocycles. The molecule has 0 aliphatic rings. The standard InChI is InChI=1S/C19H16N4OS/c24-18(21-19-22-20-13-25-19)12-17(23-10-3-4-11-23)16-9-5-7-14-6-1-2-8-15(14)16/h1-11,13,17H,12H2,(H,21,22,24)/t17-/m0/s1. The molecule has 0 aliphatic heterocycles. The summed E-state index contributed by atoms with van der Waals surface area (Å²) in [5.74, 6) is -0.0802. The summed E-state index contributed by atoms with van der Waals surface area (Å²) in [5.41, 5.74) is 2.73. The van der Waals surface area contributed by atoms with Gasteiger partial charge in [-0.1, -0.05) is 53.8 Å². The second-order valence-electron chi connectivity index (χ2n) is 5.71. The van der Waals surface area contributed by atoms with Crippen molar-refractivity contribution in [2.75, 3.05) is 5.32 Å². The number of amides is 1. The molecule has 0 saturated heterocycles. The third-order valence-corrected chi connectivity index (χ3v) is 4.76. The maximum Gasteiger partial charge on any atom is 0.228 e. The minimum absolute atomic E-state index is 0.0802. The number of anilines is 1. The fraction of sp³-hybridized carbons (Fsp3) is 0.105. The molecule has 0 radical (unpaired) electrons. The second-order valence-corrected chi connectivity index (χ2v) is 6.54. The van der Waals surface area contributed by atoms with E-state index in [1.807, 2.05) is 42.7 Å². The SMILES string of the molecule is O=C(C[C@@H](c1cccc2ccccc12)n1cccc1)Nc1nncs1. The molecule has 5 nitrogen and oxygen atoms in total. The summed E-state index contributed by atoms with van der Waals surface area (Å²) < 4.78 is 2.07. The molecule has 0 fully saturated rings. The summed E-state index contributed by atoms with van der Waals surface area (Å²) >= 11 is 1.31. The molecule has 0 bridgehead atoms. The van der Waals surface area contributed by atoms with Crippen molar-refractivity contribution in [2.24, 2.45) is 0 Å². The first-order valence-electron chi connectivity index (χ1n) is 7.97. The van der Waals surface area contributed by atoms with Crippen molar-refractivity contribution in [1.29, 1.82) is 0 Å². The number of carbonyl (C=O) groups is 1. The zero-order chi connectivity index (χ0) is 17.1. The lowest BCUT2D eigenvalue weighted by Crippen LogP contribution is -2.19. The Kier molecular flexibility index (Phi) is 4.26. The van der Waals surface area contributed by atoms with Crippen LogP contribution < -0.4 is 5.32 Å². The zero-order valence-electron chi connectivity index (χ0n) is 13.4. The number of benzene rings is 2. The highest BCUT2D eigenvalue weighted by Gasteiger charge is 2.20. The van der Waals surface area contributed by atoms with E-state index in [9.17, 15) is 4.79 Å². The first-order chi connectivity index (χ1) is 12.3. The van der Waals surface area contributed by atoms with Crippen molar-refractivity contribution in [2.45, 2.75) is 12.5 Å². The first kappa shape index (κ1) is 15.5. The molecule has 0 unspecified atom stereocenters. The van der Waals surface area contributed by atoms with Crippen molar-refractivity contribution < 1.29 is 4.79 Å². The van der Waals surface area contributed by atoms with Gasteiger partial charge in [0.05, 0.1) is 12.5 Å². The van der Waals surface area contributed by atoms with Crippen LogP contribution in [0.15, 0.2) is 72.5 Å². The highest BCUT2D eigenvalue weighted by molar-refractivity contribution is 7.13. The maximum absolute atomic E-state index is 12.5. The molecule has 2 aromatic carbocycles. The van der Waals surface area contributed by atoms with Crippen LogP contribution in [-0.2, 0) is 4.79 Å². The molecule has 1 amide bonds. The number of carbonyl (C=O) groups excluding carboxylic acids is 1. The molecule has 2 heterocycles. The summed E-state index contributed by atoms with van der Waals surface area (Å²) in [6, 6.07) is 18.3. The van der Waals surface area contributed by atoms with Gasteiger partial charge in [-0.15, -0.1) is 10.2 Å². The predicted octanol–water partition coefficient (Wildman–Crippen LogP) is 4.11. The Morgan fingerprint density at radius 2 is 1.88 bits per heavy atom. The fourth-order valence-corrected chi connectivity index (χ4v) is 3.51. The molecule has 4 aromatic rings. The van der Waals surface area contributed by atoms with Crippen molar-refractivity contribution in [3.05, 3.63) is 78.1 Å². The summed E-state index contributed by atoms with van der Waals surface area (Å²) in [4.78, 5) is 12.5. The fourth-order valence-electron chi connectivity index (χ4n) is 3.05. The Morgan fingerprint density at radius 1 is 1.08 bits per heavy atom. The van der Waals surface area contributed by atoms with Gasteiger partial charge in [-0.2, -0.15) is 0 Å². The number of aromatic nitrogens is 3. The number of hydrogen-bond acceptors (Lipinski definition) is 4. The summed E-state index contributed by atoms with van der Waals surface area (Å²) in [6.07, 6.45) is 4.30. The van der Waals surface area contributed by atoms with Gasteiger partial charge in [-0.05, 0) is 28.5 Å². The lowest BCUT2D eigenvalue weighted by molar-refractivity contribution is -0.116. The van der Waals surface area contributed by atoms with E-state index < -0.39 is 0 Å². The number of hydrogen-bond donors (Lipinski definition) is 1. The molecule has 4 rings (SSSR count). The van der Waals surface area contributed by atoms with Gasteiger partial charge >= 0.3 is 0 Å². The highest BCUT2D eigenvalue weighted by atomic mass is 32.1. The van der Waals surface area contributed by atoms with Gasteiger partial charge in [-0.3, -0.25) is 4.79 Å². The van der Waals surface area contributed by atoms with Gasteiger partial charge < -0.3 is 9.88 Å². The Morgan fingerprint density at radius 3 is 2.68 bits per heavy atom. The van der Waals surface area contributed by atoms with E-state index >= 15 is 0 Å². The van der Waals surface area contributed by atoms with Crippen LogP contribution in [0.5, 0.6) is 0 Å². The third kappa shape index (κ3) is 3.29. The molecule has 0 spiro atoms. The molecular weight excluding hydrogens is 332 g/mol. The Hall–Kier alpha value is -2.99. The third-order valence-electron chi connectivity index (χ3n) is 4.15. The van der Waals surface area contributed by atoms with E-state index in [0.29, 0.717) is 11.6 Å². The highest BCUT2D eigenvalue weighted by Crippen LogP contribution is 2.30. The van der Waals surface area contributed by atoms with Crippen LogP contribution in [0, 0.1) is 0 Å². The second kappa shape index (κ2) is 6.86. The molecule has 0 saturated carbocycles. The maximum atomic E-state index is 12.5. The Balaban J connectivity index is 1.70. The van der Waals surface area contributed by atoms with Crippen molar-refractivity contribution in [3.8, 4) is 0 Å². The van der Waals surface area contributed by atoms with E-state index in [2.05, 4.69) is 44.3 Å². The number of fused-ring (bicyclic) bond motifs is 1. The average molecular weight is 348 g/mol. The van der Waals surface area contributed by atoms with Crippen molar-refractivity contribution >= 4 is 33.1 Å². The van der Waals surface area contributed by atoms with Crippen molar-refractivity contribution in [3.63, 3.8) is 0 Å². The summed E-state index contributed by atoms with van der Waals surface area (Å²) in [6.45, 7) is 0. The minimum Gasteiger partial charge on any atom is -0.346 e. The smallest absolute Gasteiger partial charge is 0.228 e.